The first-order valence-electron chi connectivity index (χ1n) is 10.1. The van der Waals surface area contributed by atoms with Gasteiger partial charge in [-0.15, -0.1) is 0 Å². The van der Waals surface area contributed by atoms with Crippen molar-refractivity contribution in [2.24, 2.45) is 17.6 Å². The van der Waals surface area contributed by atoms with E-state index < -0.39 is 5.92 Å². The van der Waals surface area contributed by atoms with Crippen LogP contribution in [-0.4, -0.2) is 47.2 Å². The van der Waals surface area contributed by atoms with E-state index in [1.165, 1.54) is 0 Å². The van der Waals surface area contributed by atoms with Crippen molar-refractivity contribution < 1.29 is 18.8 Å². The molecule has 30 heavy (non-hydrogen) atoms. The largest absolute Gasteiger partial charge is 0.467 e. The van der Waals surface area contributed by atoms with Gasteiger partial charge in [0.05, 0.1) is 36.5 Å². The third-order valence-corrected chi connectivity index (χ3v) is 5.68. The second kappa shape index (κ2) is 8.56. The zero-order valence-corrected chi connectivity index (χ0v) is 16.6. The van der Waals surface area contributed by atoms with Gasteiger partial charge in [-0.1, -0.05) is 0 Å². The number of primary amides is 1. The summed E-state index contributed by atoms with van der Waals surface area (Å²) in [5.41, 5.74) is 6.01. The fraction of sp³-hybridized carbons (Fsp3) is 0.429. The maximum absolute atomic E-state index is 12.6. The molecule has 0 aromatic carbocycles. The summed E-state index contributed by atoms with van der Waals surface area (Å²) in [4.78, 5) is 44.4. The second-order valence-corrected chi connectivity index (χ2v) is 7.84. The number of pyridine rings is 1. The summed E-state index contributed by atoms with van der Waals surface area (Å²) in [5, 5.41) is 2.84. The maximum Gasteiger partial charge on any atom is 0.229 e. The van der Waals surface area contributed by atoms with Gasteiger partial charge in [0, 0.05) is 26.1 Å². The molecule has 0 bridgehead atoms. The quantitative estimate of drug-likeness (QED) is 0.740. The Hall–Kier alpha value is -3.36. The fourth-order valence-electron chi connectivity index (χ4n) is 4.00. The van der Waals surface area contributed by atoms with Gasteiger partial charge in [-0.3, -0.25) is 14.4 Å². The number of aromatic nitrogens is 1. The number of amides is 3. The van der Waals surface area contributed by atoms with Crippen molar-refractivity contribution in [2.45, 2.75) is 25.8 Å². The number of likely N-dealkylation sites (tertiary alicyclic amines) is 1. The summed E-state index contributed by atoms with van der Waals surface area (Å²) in [7, 11) is 0. The van der Waals surface area contributed by atoms with E-state index in [9.17, 15) is 14.4 Å². The third-order valence-electron chi connectivity index (χ3n) is 5.68. The van der Waals surface area contributed by atoms with Crippen LogP contribution in [0.5, 0.6) is 0 Å². The Bertz CT molecular complexity index is 912. The number of hydrogen-bond donors (Lipinski definition) is 2. The highest BCUT2D eigenvalue weighted by Crippen LogP contribution is 2.24. The monoisotopic (exact) mass is 411 g/mol. The lowest BCUT2D eigenvalue weighted by Gasteiger charge is -2.32. The molecular weight excluding hydrogens is 386 g/mol. The molecule has 2 aromatic rings. The highest BCUT2D eigenvalue weighted by Gasteiger charge is 2.34. The Kier molecular flexibility index (Phi) is 5.69. The van der Waals surface area contributed by atoms with Gasteiger partial charge in [0.15, 0.2) is 0 Å². The van der Waals surface area contributed by atoms with Crippen molar-refractivity contribution in [1.29, 1.82) is 0 Å². The molecule has 4 rings (SSSR count). The average molecular weight is 411 g/mol. The summed E-state index contributed by atoms with van der Waals surface area (Å²) in [6.45, 7) is 2.11. The smallest absolute Gasteiger partial charge is 0.229 e. The number of hydrogen-bond acceptors (Lipinski definition) is 6. The lowest BCUT2D eigenvalue weighted by molar-refractivity contribution is -0.129. The molecule has 0 radical (unpaired) electrons. The number of nitrogens with two attached hydrogens (primary N) is 1. The van der Waals surface area contributed by atoms with Gasteiger partial charge in [0.25, 0.3) is 0 Å². The molecule has 3 N–H and O–H groups in total. The maximum atomic E-state index is 12.6. The van der Waals surface area contributed by atoms with Gasteiger partial charge in [0.1, 0.15) is 11.6 Å². The lowest BCUT2D eigenvalue weighted by Crippen LogP contribution is -2.41. The number of rotatable bonds is 6. The Morgan fingerprint density at radius 2 is 2.10 bits per heavy atom. The highest BCUT2D eigenvalue weighted by atomic mass is 16.3. The molecule has 2 saturated heterocycles. The van der Waals surface area contributed by atoms with E-state index in [1.807, 2.05) is 17.0 Å². The van der Waals surface area contributed by atoms with Crippen molar-refractivity contribution in [2.75, 3.05) is 29.9 Å². The summed E-state index contributed by atoms with van der Waals surface area (Å²) >= 11 is 0. The molecule has 2 aromatic heterocycles. The second-order valence-electron chi connectivity index (χ2n) is 7.84. The molecule has 9 nitrogen and oxygen atoms in total. The van der Waals surface area contributed by atoms with E-state index in [1.54, 1.807) is 29.5 Å². The van der Waals surface area contributed by atoms with Crippen molar-refractivity contribution >= 4 is 29.2 Å². The first-order chi connectivity index (χ1) is 14.5. The van der Waals surface area contributed by atoms with Crippen molar-refractivity contribution in [3.8, 4) is 0 Å². The molecule has 2 atom stereocenters. The predicted molar refractivity (Wildman–Crippen MR) is 109 cm³/mol. The topological polar surface area (TPSA) is 122 Å². The zero-order chi connectivity index (χ0) is 21.1. The molecule has 3 amide bonds. The first-order valence-corrected chi connectivity index (χ1v) is 10.1. The van der Waals surface area contributed by atoms with Gasteiger partial charge in [-0.05, 0) is 37.1 Å². The van der Waals surface area contributed by atoms with E-state index in [0.29, 0.717) is 31.1 Å². The fourth-order valence-corrected chi connectivity index (χ4v) is 4.00. The predicted octanol–water partition coefficient (Wildman–Crippen LogP) is 1.36. The number of piperidine rings is 1. The number of carbonyl (C=O) groups excluding carboxylic acids is 3. The lowest BCUT2D eigenvalue weighted by atomic mass is 9.97. The molecule has 2 aliphatic heterocycles. The summed E-state index contributed by atoms with van der Waals surface area (Å²) in [5.74, 6) is 0.325. The standard InChI is InChI=1S/C21H25N5O4/c22-20(28)14-3-1-7-25(11-14)18-6-5-16(10-23-18)24-21(29)15-9-19(27)26(12-15)13-17-4-2-8-30-17/h2,4-6,8,10,14-15H,1,3,7,9,11-13H2,(H2,22,28)(H,24,29). The molecule has 9 heteroatoms. The van der Waals surface area contributed by atoms with E-state index in [2.05, 4.69) is 10.3 Å². The minimum absolute atomic E-state index is 0.0610. The summed E-state index contributed by atoms with van der Waals surface area (Å²) < 4.78 is 5.28. The number of nitrogens with zero attached hydrogens (tertiary/aromatic N) is 3. The number of nitrogens with one attached hydrogen (secondary N) is 1. The van der Waals surface area contributed by atoms with Crippen LogP contribution in [0.15, 0.2) is 41.1 Å². The van der Waals surface area contributed by atoms with E-state index in [0.717, 1.165) is 25.2 Å². The number of carbonyl (C=O) groups is 3. The Balaban J connectivity index is 1.32. The summed E-state index contributed by atoms with van der Waals surface area (Å²) in [6.07, 6.45) is 5.03. The van der Waals surface area contributed by atoms with Crippen LogP contribution < -0.4 is 16.0 Å². The molecule has 0 saturated carbocycles. The van der Waals surface area contributed by atoms with Crippen LogP contribution in [0.2, 0.25) is 0 Å². The van der Waals surface area contributed by atoms with E-state index in [-0.39, 0.29) is 30.1 Å². The van der Waals surface area contributed by atoms with E-state index in [4.69, 9.17) is 10.2 Å². The third kappa shape index (κ3) is 4.45. The minimum atomic E-state index is -0.412. The van der Waals surface area contributed by atoms with Gasteiger partial charge in [-0.2, -0.15) is 0 Å². The highest BCUT2D eigenvalue weighted by molar-refractivity contribution is 5.97. The molecular formula is C21H25N5O4. The van der Waals surface area contributed by atoms with Gasteiger partial charge >= 0.3 is 0 Å². The molecule has 0 aliphatic carbocycles. The van der Waals surface area contributed by atoms with Crippen molar-refractivity contribution in [3.63, 3.8) is 0 Å². The number of anilines is 2. The SMILES string of the molecule is NC(=O)C1CCCN(c2ccc(NC(=O)C3CC(=O)N(Cc4ccco4)C3)cn2)C1. The van der Waals surface area contributed by atoms with Crippen LogP contribution in [0.4, 0.5) is 11.5 Å². The van der Waals surface area contributed by atoms with Crippen LogP contribution in [0, 0.1) is 11.8 Å². The van der Waals surface area contributed by atoms with Crippen LogP contribution in [-0.2, 0) is 20.9 Å². The first kappa shape index (κ1) is 19.9. The Morgan fingerprint density at radius 1 is 1.23 bits per heavy atom. The van der Waals surface area contributed by atoms with Crippen LogP contribution >= 0.6 is 0 Å². The van der Waals surface area contributed by atoms with Crippen molar-refractivity contribution in [1.82, 2.24) is 9.88 Å². The molecule has 2 unspecified atom stereocenters. The average Bonchev–Trinajstić information content (AvgIpc) is 3.39. The van der Waals surface area contributed by atoms with Gasteiger partial charge < -0.3 is 25.3 Å². The summed E-state index contributed by atoms with van der Waals surface area (Å²) in [6, 6.07) is 7.18. The van der Waals surface area contributed by atoms with Gasteiger partial charge in [0.2, 0.25) is 17.7 Å². The molecule has 2 aliphatic rings. The molecule has 0 spiro atoms. The Labute approximate surface area is 174 Å². The van der Waals surface area contributed by atoms with Crippen LogP contribution in [0.25, 0.3) is 0 Å². The molecule has 4 heterocycles. The zero-order valence-electron chi connectivity index (χ0n) is 16.6. The van der Waals surface area contributed by atoms with Gasteiger partial charge in [-0.25, -0.2) is 4.98 Å². The Morgan fingerprint density at radius 3 is 2.80 bits per heavy atom. The van der Waals surface area contributed by atoms with Crippen molar-refractivity contribution in [3.05, 3.63) is 42.5 Å². The van der Waals surface area contributed by atoms with Crippen LogP contribution in [0.1, 0.15) is 25.0 Å². The molecule has 2 fully saturated rings. The molecule has 158 valence electrons. The number of furan rings is 1. The normalized spacial score (nSPS) is 21.7. The minimum Gasteiger partial charge on any atom is -0.467 e. The van der Waals surface area contributed by atoms with E-state index >= 15 is 0 Å². The van der Waals surface area contributed by atoms with Crippen LogP contribution in [0.3, 0.4) is 0 Å².